The predicted octanol–water partition coefficient (Wildman–Crippen LogP) is 3.11. The molecule has 2 aliphatic rings. The van der Waals surface area contributed by atoms with Crippen LogP contribution in [0.25, 0.3) is 22.4 Å². The van der Waals surface area contributed by atoms with Gasteiger partial charge < -0.3 is 9.88 Å². The van der Waals surface area contributed by atoms with E-state index in [0.717, 1.165) is 36.0 Å². The maximum atomic E-state index is 13.5. The molecule has 1 amide bonds. The van der Waals surface area contributed by atoms with Gasteiger partial charge in [0.2, 0.25) is 0 Å². The number of hydrogen-bond donors (Lipinski definition) is 2. The highest BCUT2D eigenvalue weighted by atomic mass is 16.2. The summed E-state index contributed by atoms with van der Waals surface area (Å²) >= 11 is 0. The van der Waals surface area contributed by atoms with Gasteiger partial charge in [0.05, 0.1) is 17.4 Å². The van der Waals surface area contributed by atoms with Crippen LogP contribution in [0.1, 0.15) is 41.8 Å². The number of aromatic amines is 2. The molecule has 31 heavy (non-hydrogen) atoms. The maximum absolute atomic E-state index is 13.5. The number of tetrazole rings is 1. The van der Waals surface area contributed by atoms with Gasteiger partial charge >= 0.3 is 0 Å². The molecule has 2 N–H and O–H groups in total. The number of nitrogens with zero attached hydrogens (tertiary/aromatic N) is 5. The zero-order valence-electron chi connectivity index (χ0n) is 17.5. The lowest BCUT2D eigenvalue weighted by molar-refractivity contribution is 0.0251. The van der Waals surface area contributed by atoms with Crippen molar-refractivity contribution in [3.63, 3.8) is 0 Å². The number of amides is 1. The molecular weight excluding hydrogens is 390 g/mol. The van der Waals surface area contributed by atoms with E-state index in [2.05, 4.69) is 67.5 Å². The van der Waals surface area contributed by atoms with Gasteiger partial charge in [-0.3, -0.25) is 4.79 Å². The molecule has 4 aromatic rings. The van der Waals surface area contributed by atoms with Gasteiger partial charge in [-0.1, -0.05) is 26.0 Å². The van der Waals surface area contributed by atoms with E-state index >= 15 is 0 Å². The lowest BCUT2D eigenvalue weighted by Gasteiger charge is -2.54. The van der Waals surface area contributed by atoms with E-state index in [1.165, 1.54) is 11.1 Å². The fourth-order valence-corrected chi connectivity index (χ4v) is 5.53. The summed E-state index contributed by atoms with van der Waals surface area (Å²) in [6.07, 6.45) is 3.45. The molecule has 0 radical (unpaired) electrons. The average Bonchev–Trinajstić information content (AvgIpc) is 3.47. The molecule has 1 fully saturated rings. The average molecular weight is 413 g/mol. The van der Waals surface area contributed by atoms with Gasteiger partial charge in [-0.15, -0.1) is 5.10 Å². The van der Waals surface area contributed by atoms with Crippen LogP contribution < -0.4 is 0 Å². The summed E-state index contributed by atoms with van der Waals surface area (Å²) in [7, 11) is 0. The van der Waals surface area contributed by atoms with E-state index in [9.17, 15) is 4.79 Å². The van der Waals surface area contributed by atoms with E-state index in [-0.39, 0.29) is 17.4 Å². The van der Waals surface area contributed by atoms with Gasteiger partial charge in [0.1, 0.15) is 0 Å². The monoisotopic (exact) mass is 413 g/mol. The number of H-pyrrole nitrogens is 2. The largest absolute Gasteiger partial charge is 0.345 e. The number of fused-ring (bicyclic) bond motifs is 5. The molecular formula is C23H23N7O. The first-order valence-electron chi connectivity index (χ1n) is 10.7. The first-order valence-corrected chi connectivity index (χ1v) is 10.7. The molecule has 2 bridgehead atoms. The van der Waals surface area contributed by atoms with Crippen molar-refractivity contribution in [2.45, 2.75) is 38.1 Å². The van der Waals surface area contributed by atoms with Crippen LogP contribution in [0.5, 0.6) is 0 Å². The number of likely N-dealkylation sites (tertiary alicyclic amines) is 1. The van der Waals surface area contributed by atoms with Crippen molar-refractivity contribution in [2.75, 3.05) is 6.54 Å². The van der Waals surface area contributed by atoms with Crippen molar-refractivity contribution in [2.24, 2.45) is 5.92 Å². The number of aromatic nitrogens is 6. The van der Waals surface area contributed by atoms with Crippen LogP contribution >= 0.6 is 0 Å². The Kier molecular flexibility index (Phi) is 3.81. The van der Waals surface area contributed by atoms with Gasteiger partial charge in [-0.25, -0.2) is 10.1 Å². The summed E-state index contributed by atoms with van der Waals surface area (Å²) in [6, 6.07) is 12.4. The van der Waals surface area contributed by atoms with Crippen LogP contribution in [0.3, 0.4) is 0 Å². The predicted molar refractivity (Wildman–Crippen MR) is 115 cm³/mol. The fraction of sp³-hybridized carbons (Fsp3) is 0.348. The molecule has 2 unspecified atom stereocenters. The fourth-order valence-electron chi connectivity index (χ4n) is 5.53. The summed E-state index contributed by atoms with van der Waals surface area (Å²) in [6.45, 7) is 5.37. The van der Waals surface area contributed by atoms with Crippen molar-refractivity contribution < 1.29 is 4.79 Å². The standard InChI is InChI=1S/C23H23N7O/c1-13-20-11-14-3-4-15(21-26-28-29-27-21)9-17(14)23(13,2)7-8-30(20)22(31)16-5-6-18-19(10-16)25-12-24-18/h3-6,9-10,12-13,20H,7-8,11H2,1-2H3,(H,24,25)(H,26,27,28,29)/t13?,20?,23-/m1/s1. The minimum absolute atomic E-state index is 0.00577. The molecule has 156 valence electrons. The third kappa shape index (κ3) is 2.64. The highest BCUT2D eigenvalue weighted by Gasteiger charge is 2.49. The van der Waals surface area contributed by atoms with Crippen molar-refractivity contribution in [3.8, 4) is 11.4 Å². The molecule has 8 heteroatoms. The number of nitrogens with one attached hydrogen (secondary N) is 2. The second-order valence-corrected chi connectivity index (χ2v) is 8.98. The van der Waals surface area contributed by atoms with E-state index in [0.29, 0.717) is 17.3 Å². The molecule has 1 saturated heterocycles. The Hall–Kier alpha value is -3.55. The Bertz CT molecular complexity index is 1290. The number of piperidine rings is 1. The topological polar surface area (TPSA) is 103 Å². The Morgan fingerprint density at radius 1 is 1.23 bits per heavy atom. The highest BCUT2D eigenvalue weighted by Crippen LogP contribution is 2.49. The summed E-state index contributed by atoms with van der Waals surface area (Å²) in [5.74, 6) is 1.13. The van der Waals surface area contributed by atoms with Crippen molar-refractivity contribution >= 4 is 16.9 Å². The SMILES string of the molecule is CC1C2Cc3ccc(-c4nnn[nH]4)cc3[C@]1(C)CCN2C(=O)c1ccc2nc[nH]c2c1. The van der Waals surface area contributed by atoms with Crippen LogP contribution in [0.2, 0.25) is 0 Å². The van der Waals surface area contributed by atoms with Crippen LogP contribution in [0, 0.1) is 5.92 Å². The minimum atomic E-state index is 0.00577. The van der Waals surface area contributed by atoms with Crippen molar-refractivity contribution in [1.82, 2.24) is 35.5 Å². The van der Waals surface area contributed by atoms with Gasteiger partial charge in [-0.05, 0) is 70.0 Å². The van der Waals surface area contributed by atoms with Crippen LogP contribution in [0.4, 0.5) is 0 Å². The van der Waals surface area contributed by atoms with Crippen molar-refractivity contribution in [3.05, 3.63) is 59.4 Å². The van der Waals surface area contributed by atoms with Gasteiger partial charge in [-0.2, -0.15) is 0 Å². The smallest absolute Gasteiger partial charge is 0.254 e. The highest BCUT2D eigenvalue weighted by molar-refractivity contribution is 5.97. The number of carbonyl (C=O) groups excluding carboxylic acids is 1. The van der Waals surface area contributed by atoms with E-state index in [1.54, 1.807) is 6.33 Å². The lowest BCUT2D eigenvalue weighted by Crippen LogP contribution is -2.59. The Labute approximate surface area is 179 Å². The summed E-state index contributed by atoms with van der Waals surface area (Å²) in [5.41, 5.74) is 6.16. The summed E-state index contributed by atoms with van der Waals surface area (Å²) in [5, 5.41) is 14.3. The second kappa shape index (κ2) is 6.47. The molecule has 8 nitrogen and oxygen atoms in total. The van der Waals surface area contributed by atoms with E-state index in [1.807, 2.05) is 18.2 Å². The minimum Gasteiger partial charge on any atom is -0.345 e. The third-order valence-electron chi connectivity index (χ3n) is 7.56. The Morgan fingerprint density at radius 3 is 2.97 bits per heavy atom. The third-order valence-corrected chi connectivity index (χ3v) is 7.56. The lowest BCUT2D eigenvalue weighted by atomic mass is 9.58. The normalized spacial score (nSPS) is 24.9. The first kappa shape index (κ1) is 18.2. The molecule has 1 aliphatic heterocycles. The van der Waals surface area contributed by atoms with Crippen LogP contribution in [-0.2, 0) is 11.8 Å². The zero-order chi connectivity index (χ0) is 21.2. The van der Waals surface area contributed by atoms with Gasteiger partial charge in [0.25, 0.3) is 5.91 Å². The number of imidazole rings is 1. The number of hydrogen-bond acceptors (Lipinski definition) is 5. The number of benzene rings is 2. The van der Waals surface area contributed by atoms with E-state index < -0.39 is 0 Å². The second-order valence-electron chi connectivity index (χ2n) is 8.98. The molecule has 0 spiro atoms. The Balaban J connectivity index is 1.36. The van der Waals surface area contributed by atoms with E-state index in [4.69, 9.17) is 0 Å². The maximum Gasteiger partial charge on any atom is 0.254 e. The van der Waals surface area contributed by atoms with Crippen LogP contribution in [0.15, 0.2) is 42.7 Å². The molecule has 1 aliphatic carbocycles. The quantitative estimate of drug-likeness (QED) is 0.526. The van der Waals surface area contributed by atoms with Gasteiger partial charge in [0, 0.05) is 23.7 Å². The molecule has 2 aromatic heterocycles. The summed E-state index contributed by atoms with van der Waals surface area (Å²) in [4.78, 5) is 23.0. The summed E-state index contributed by atoms with van der Waals surface area (Å²) < 4.78 is 0. The number of rotatable bonds is 2. The van der Waals surface area contributed by atoms with Gasteiger partial charge in [0.15, 0.2) is 5.82 Å². The molecule has 6 rings (SSSR count). The Morgan fingerprint density at radius 2 is 2.13 bits per heavy atom. The molecule has 3 heterocycles. The van der Waals surface area contributed by atoms with Crippen molar-refractivity contribution in [1.29, 1.82) is 0 Å². The molecule has 0 saturated carbocycles. The molecule has 2 aromatic carbocycles. The zero-order valence-corrected chi connectivity index (χ0v) is 17.5. The molecule has 3 atom stereocenters. The number of carbonyl (C=O) groups is 1. The van der Waals surface area contributed by atoms with Crippen LogP contribution in [-0.4, -0.2) is 54.0 Å². The first-order chi connectivity index (χ1) is 15.0.